The standard InChI is InChI=1S/C33H35N3O7S/c1-4-17-42-29-11-7-8-12-31(29)44(39,40)35-32(37)23-14-13-22(30(19-23)41-3)18-24-21-36(2)28-16-15-25(20-27(24)28)34-33(38)43-26-9-5-6-10-26/h4,7-8,11-17,19-21,26H,5-6,9-10,18H2,1-3H3,(H,34,38)(H,35,37)/b17-4+. The fraction of sp³-hybridized carbons (Fsp3) is 0.273. The molecule has 2 N–H and O–H groups in total. The summed E-state index contributed by atoms with van der Waals surface area (Å²) in [7, 11) is -0.791. The van der Waals surface area contributed by atoms with Crippen LogP contribution >= 0.6 is 0 Å². The van der Waals surface area contributed by atoms with Crippen LogP contribution in [0.2, 0.25) is 0 Å². The first-order valence-corrected chi connectivity index (χ1v) is 15.8. The van der Waals surface area contributed by atoms with Gasteiger partial charge < -0.3 is 18.8 Å². The van der Waals surface area contributed by atoms with Crippen molar-refractivity contribution in [1.82, 2.24) is 9.29 Å². The molecule has 0 atom stereocenters. The van der Waals surface area contributed by atoms with Gasteiger partial charge in [0.2, 0.25) is 0 Å². The molecule has 0 radical (unpaired) electrons. The zero-order chi connectivity index (χ0) is 31.3. The fourth-order valence-corrected chi connectivity index (χ4v) is 6.49. The number of methoxy groups -OCH3 is 1. The molecular weight excluding hydrogens is 582 g/mol. The number of aryl methyl sites for hydroxylation is 1. The summed E-state index contributed by atoms with van der Waals surface area (Å²) in [6.07, 6.45) is 8.91. The van der Waals surface area contributed by atoms with Crippen LogP contribution in [-0.4, -0.2) is 38.2 Å². The Bertz CT molecular complexity index is 1820. The van der Waals surface area contributed by atoms with Crippen LogP contribution < -0.4 is 19.5 Å². The number of amides is 2. The predicted octanol–water partition coefficient (Wildman–Crippen LogP) is 6.30. The lowest BCUT2D eigenvalue weighted by molar-refractivity contribution is 0.0980. The third-order valence-corrected chi connectivity index (χ3v) is 8.89. The Morgan fingerprint density at radius 1 is 1.00 bits per heavy atom. The molecule has 11 heteroatoms. The second-order valence-corrected chi connectivity index (χ2v) is 12.3. The largest absolute Gasteiger partial charge is 0.496 e. The molecule has 1 aliphatic carbocycles. The summed E-state index contributed by atoms with van der Waals surface area (Å²) >= 11 is 0. The minimum atomic E-state index is -4.23. The lowest BCUT2D eigenvalue weighted by Gasteiger charge is -2.13. The SMILES string of the molecule is C/C=C/Oc1ccccc1S(=O)(=O)NC(=O)c1ccc(Cc2cn(C)c3ccc(NC(=O)OC4CCCC4)cc23)c(OC)c1. The number of nitrogens with zero attached hydrogens (tertiary/aromatic N) is 1. The molecule has 5 rings (SSSR count). The number of hydrogen-bond acceptors (Lipinski definition) is 7. The molecule has 0 saturated heterocycles. The zero-order valence-electron chi connectivity index (χ0n) is 24.8. The molecule has 2 amide bonds. The lowest BCUT2D eigenvalue weighted by atomic mass is 10.0. The Balaban J connectivity index is 1.34. The van der Waals surface area contributed by atoms with E-state index in [1.165, 1.54) is 31.6 Å². The van der Waals surface area contributed by atoms with E-state index < -0.39 is 22.0 Å². The first-order chi connectivity index (χ1) is 21.2. The third kappa shape index (κ3) is 6.89. The minimum absolute atomic E-state index is 0.0308. The molecule has 0 unspecified atom stereocenters. The van der Waals surface area contributed by atoms with E-state index in [2.05, 4.69) is 10.0 Å². The average molecular weight is 618 g/mol. The fourth-order valence-electron chi connectivity index (χ4n) is 5.38. The average Bonchev–Trinajstić information content (AvgIpc) is 3.63. The number of carbonyl (C=O) groups is 2. The molecule has 1 saturated carbocycles. The van der Waals surface area contributed by atoms with E-state index in [9.17, 15) is 18.0 Å². The van der Waals surface area contributed by atoms with E-state index in [0.717, 1.165) is 47.7 Å². The number of benzene rings is 3. The molecule has 0 bridgehead atoms. The van der Waals surface area contributed by atoms with Crippen molar-refractivity contribution < 1.29 is 32.2 Å². The van der Waals surface area contributed by atoms with Gasteiger partial charge in [0.25, 0.3) is 15.9 Å². The van der Waals surface area contributed by atoms with E-state index in [-0.39, 0.29) is 22.3 Å². The number of para-hydroxylation sites is 1. The summed E-state index contributed by atoms with van der Waals surface area (Å²) < 4.78 is 46.8. The Morgan fingerprint density at radius 2 is 1.77 bits per heavy atom. The van der Waals surface area contributed by atoms with Gasteiger partial charge in [-0.1, -0.05) is 24.3 Å². The number of ether oxygens (including phenoxy) is 3. The van der Waals surface area contributed by atoms with Crippen LogP contribution in [0.3, 0.4) is 0 Å². The summed E-state index contributed by atoms with van der Waals surface area (Å²) in [4.78, 5) is 25.3. The van der Waals surface area contributed by atoms with Crippen LogP contribution in [0.4, 0.5) is 10.5 Å². The Labute approximate surface area is 256 Å². The molecular formula is C33H35N3O7S. The maximum Gasteiger partial charge on any atom is 0.411 e. The van der Waals surface area contributed by atoms with Gasteiger partial charge in [-0.15, -0.1) is 0 Å². The molecule has 0 spiro atoms. The van der Waals surface area contributed by atoms with Crippen molar-refractivity contribution in [2.75, 3.05) is 12.4 Å². The molecule has 0 aliphatic heterocycles. The summed E-state index contributed by atoms with van der Waals surface area (Å²) in [5, 5.41) is 3.79. The van der Waals surface area contributed by atoms with Gasteiger partial charge in [0.05, 0.1) is 13.4 Å². The number of carbonyl (C=O) groups excluding carboxylic acids is 2. The number of nitrogens with one attached hydrogen (secondary N) is 2. The number of allylic oxidation sites excluding steroid dienone is 1. The zero-order valence-corrected chi connectivity index (χ0v) is 25.6. The molecule has 1 aliphatic rings. The highest BCUT2D eigenvalue weighted by Crippen LogP contribution is 2.31. The van der Waals surface area contributed by atoms with E-state index in [1.54, 1.807) is 37.3 Å². The third-order valence-electron chi connectivity index (χ3n) is 7.52. The number of hydrogen-bond donors (Lipinski definition) is 2. The minimum Gasteiger partial charge on any atom is -0.496 e. The van der Waals surface area contributed by atoms with Gasteiger partial charge in [0, 0.05) is 41.8 Å². The maximum atomic E-state index is 13.1. The van der Waals surface area contributed by atoms with Gasteiger partial charge in [-0.2, -0.15) is 0 Å². The van der Waals surface area contributed by atoms with Crippen molar-refractivity contribution in [3.63, 3.8) is 0 Å². The van der Waals surface area contributed by atoms with E-state index in [0.29, 0.717) is 17.9 Å². The van der Waals surface area contributed by atoms with Crippen molar-refractivity contribution in [2.24, 2.45) is 7.05 Å². The summed E-state index contributed by atoms with van der Waals surface area (Å²) in [5.41, 5.74) is 3.50. The normalized spacial score (nSPS) is 13.7. The highest BCUT2D eigenvalue weighted by atomic mass is 32.2. The summed E-state index contributed by atoms with van der Waals surface area (Å²) in [5.74, 6) is -0.280. The molecule has 10 nitrogen and oxygen atoms in total. The Hall–Kier alpha value is -4.77. The van der Waals surface area contributed by atoms with Crippen LogP contribution in [0.1, 0.15) is 54.1 Å². The second-order valence-electron chi connectivity index (χ2n) is 10.6. The lowest BCUT2D eigenvalue weighted by Crippen LogP contribution is -2.30. The number of aromatic nitrogens is 1. The van der Waals surface area contributed by atoms with E-state index >= 15 is 0 Å². The number of fused-ring (bicyclic) bond motifs is 1. The number of anilines is 1. The van der Waals surface area contributed by atoms with Gasteiger partial charge in [0.15, 0.2) is 0 Å². The molecule has 1 heterocycles. The highest BCUT2D eigenvalue weighted by molar-refractivity contribution is 7.90. The van der Waals surface area contributed by atoms with E-state index in [4.69, 9.17) is 14.2 Å². The molecule has 1 fully saturated rings. The Morgan fingerprint density at radius 3 is 2.52 bits per heavy atom. The first kappa shape index (κ1) is 30.7. The maximum absolute atomic E-state index is 13.1. The Kier molecular flexibility index (Phi) is 9.24. The van der Waals surface area contributed by atoms with Gasteiger partial charge in [-0.3, -0.25) is 10.1 Å². The van der Waals surface area contributed by atoms with Crippen molar-refractivity contribution in [3.8, 4) is 11.5 Å². The van der Waals surface area contributed by atoms with Gasteiger partial charge >= 0.3 is 6.09 Å². The summed E-state index contributed by atoms with van der Waals surface area (Å²) in [6.45, 7) is 1.74. The van der Waals surface area contributed by atoms with E-state index in [1.807, 2.05) is 36.0 Å². The topological polar surface area (TPSA) is 125 Å². The van der Waals surface area contributed by atoms with Crippen LogP contribution in [0.25, 0.3) is 10.9 Å². The van der Waals surface area contributed by atoms with Crippen molar-refractivity contribution in [3.05, 3.63) is 95.9 Å². The van der Waals surface area contributed by atoms with Crippen LogP contribution in [0, 0.1) is 0 Å². The van der Waals surface area contributed by atoms with Crippen LogP contribution in [0.5, 0.6) is 11.5 Å². The smallest absolute Gasteiger partial charge is 0.411 e. The molecule has 4 aromatic rings. The summed E-state index contributed by atoms with van der Waals surface area (Å²) in [6, 6.07) is 16.6. The van der Waals surface area contributed by atoms with Gasteiger partial charge in [-0.25, -0.2) is 17.9 Å². The molecule has 44 heavy (non-hydrogen) atoms. The van der Waals surface area contributed by atoms with Gasteiger partial charge in [-0.05, 0) is 86.2 Å². The highest BCUT2D eigenvalue weighted by Gasteiger charge is 2.24. The monoisotopic (exact) mass is 617 g/mol. The van der Waals surface area contributed by atoms with Crippen molar-refractivity contribution in [1.29, 1.82) is 0 Å². The van der Waals surface area contributed by atoms with Gasteiger partial charge in [0.1, 0.15) is 22.5 Å². The quantitative estimate of drug-likeness (QED) is 0.200. The number of sulfonamides is 1. The number of rotatable bonds is 10. The van der Waals surface area contributed by atoms with Crippen LogP contribution in [-0.2, 0) is 28.2 Å². The van der Waals surface area contributed by atoms with Crippen molar-refractivity contribution >= 4 is 38.6 Å². The van der Waals surface area contributed by atoms with Crippen molar-refractivity contribution in [2.45, 2.75) is 50.0 Å². The molecule has 1 aromatic heterocycles. The van der Waals surface area contributed by atoms with Crippen LogP contribution in [0.15, 0.2) is 84.1 Å². The molecule has 230 valence electrons. The second kappa shape index (κ2) is 13.3. The molecule has 3 aromatic carbocycles. The first-order valence-electron chi connectivity index (χ1n) is 14.3. The predicted molar refractivity (Wildman–Crippen MR) is 168 cm³/mol.